The molecule has 4 rings (SSSR count). The van der Waals surface area contributed by atoms with Crippen LogP contribution >= 0.6 is 0 Å². The van der Waals surface area contributed by atoms with Gasteiger partial charge in [0.05, 0.1) is 11.0 Å². The predicted octanol–water partition coefficient (Wildman–Crippen LogP) is 1.92. The van der Waals surface area contributed by atoms with Gasteiger partial charge in [0.2, 0.25) is 5.78 Å². The van der Waals surface area contributed by atoms with Crippen LogP contribution in [0.1, 0.15) is 16.3 Å². The molecular weight excluding hydrogens is 304 g/mol. The molecule has 0 radical (unpaired) electrons. The second kappa shape index (κ2) is 5.77. The number of imidazole rings is 2. The van der Waals surface area contributed by atoms with Gasteiger partial charge in [-0.15, -0.1) is 0 Å². The van der Waals surface area contributed by atoms with E-state index in [4.69, 9.17) is 0 Å². The van der Waals surface area contributed by atoms with Crippen LogP contribution in [0.15, 0.2) is 48.9 Å². The fraction of sp³-hybridized carbons (Fsp3) is 0.176. The number of aromatic nitrogens is 5. The first-order valence-electron chi connectivity index (χ1n) is 7.69. The maximum atomic E-state index is 12.5. The molecule has 1 amide bonds. The molecule has 0 saturated heterocycles. The molecule has 0 aliphatic rings. The molecule has 0 fully saturated rings. The van der Waals surface area contributed by atoms with Gasteiger partial charge in [0.25, 0.3) is 5.91 Å². The number of H-pyrrole nitrogens is 1. The highest BCUT2D eigenvalue weighted by Crippen LogP contribution is 2.11. The summed E-state index contributed by atoms with van der Waals surface area (Å²) in [6, 6.07) is 9.68. The van der Waals surface area contributed by atoms with E-state index < -0.39 is 0 Å². The summed E-state index contributed by atoms with van der Waals surface area (Å²) in [4.78, 5) is 30.3. The molecule has 1 aromatic carbocycles. The summed E-state index contributed by atoms with van der Waals surface area (Å²) in [6.07, 6.45) is 5.83. The van der Waals surface area contributed by atoms with Crippen LogP contribution in [0.25, 0.3) is 16.8 Å². The van der Waals surface area contributed by atoms with Gasteiger partial charge in [-0.1, -0.05) is 12.1 Å². The number of fused-ring (bicyclic) bond motifs is 2. The van der Waals surface area contributed by atoms with Crippen molar-refractivity contribution in [2.24, 2.45) is 0 Å². The van der Waals surface area contributed by atoms with Crippen LogP contribution in [0.3, 0.4) is 0 Å². The number of hydrogen-bond donors (Lipinski definition) is 1. The van der Waals surface area contributed by atoms with E-state index in [1.807, 2.05) is 30.5 Å². The molecule has 0 unspecified atom stereocenters. The molecule has 0 atom stereocenters. The zero-order valence-electron chi connectivity index (χ0n) is 13.2. The number of benzene rings is 1. The van der Waals surface area contributed by atoms with E-state index in [9.17, 15) is 4.79 Å². The maximum Gasteiger partial charge on any atom is 0.273 e. The van der Waals surface area contributed by atoms with Crippen molar-refractivity contribution in [1.82, 2.24) is 29.2 Å². The largest absolute Gasteiger partial charge is 0.342 e. The summed E-state index contributed by atoms with van der Waals surface area (Å²) >= 11 is 0. The molecule has 120 valence electrons. The molecule has 3 aromatic heterocycles. The van der Waals surface area contributed by atoms with Gasteiger partial charge in [-0.25, -0.2) is 15.0 Å². The van der Waals surface area contributed by atoms with E-state index in [2.05, 4.69) is 19.9 Å². The zero-order chi connectivity index (χ0) is 16.5. The van der Waals surface area contributed by atoms with Crippen molar-refractivity contribution in [3.8, 4) is 0 Å². The van der Waals surface area contributed by atoms with E-state index >= 15 is 0 Å². The zero-order valence-corrected chi connectivity index (χ0v) is 13.2. The van der Waals surface area contributed by atoms with Crippen molar-refractivity contribution >= 4 is 22.7 Å². The molecule has 1 N–H and O–H groups in total. The minimum atomic E-state index is -0.128. The number of carbonyl (C=O) groups is 1. The fourth-order valence-electron chi connectivity index (χ4n) is 2.63. The Labute approximate surface area is 138 Å². The Morgan fingerprint density at radius 3 is 2.96 bits per heavy atom. The summed E-state index contributed by atoms with van der Waals surface area (Å²) in [5, 5.41) is 0. The van der Waals surface area contributed by atoms with Crippen molar-refractivity contribution in [2.45, 2.75) is 6.42 Å². The number of nitrogens with zero attached hydrogens (tertiary/aromatic N) is 5. The number of hydrogen-bond acceptors (Lipinski definition) is 4. The Kier molecular flexibility index (Phi) is 3.45. The van der Waals surface area contributed by atoms with Crippen molar-refractivity contribution in [1.29, 1.82) is 0 Å². The van der Waals surface area contributed by atoms with E-state index in [1.54, 1.807) is 34.8 Å². The van der Waals surface area contributed by atoms with Gasteiger partial charge in [0.15, 0.2) is 0 Å². The number of rotatable bonds is 4. The van der Waals surface area contributed by atoms with Crippen LogP contribution in [-0.4, -0.2) is 48.7 Å². The van der Waals surface area contributed by atoms with Crippen LogP contribution < -0.4 is 0 Å². The predicted molar refractivity (Wildman–Crippen MR) is 89.7 cm³/mol. The summed E-state index contributed by atoms with van der Waals surface area (Å²) in [6.45, 7) is 0.556. The molecule has 3 heterocycles. The van der Waals surface area contributed by atoms with E-state index in [-0.39, 0.29) is 5.91 Å². The first kappa shape index (κ1) is 14.4. The third-order valence-corrected chi connectivity index (χ3v) is 3.92. The van der Waals surface area contributed by atoms with Crippen LogP contribution in [0.2, 0.25) is 0 Å². The quantitative estimate of drug-likeness (QED) is 0.623. The average molecular weight is 320 g/mol. The van der Waals surface area contributed by atoms with Crippen LogP contribution in [0.5, 0.6) is 0 Å². The molecular formula is C17H16N6O. The topological polar surface area (TPSA) is 79.2 Å². The Morgan fingerprint density at radius 1 is 1.25 bits per heavy atom. The standard InChI is InChI=1S/C17H16N6O/c1-22(10-7-15-19-12-5-2-3-6-13(12)20-15)16(24)14-11-23-9-4-8-18-17(23)21-14/h2-6,8-9,11H,7,10H2,1H3,(H,19,20). The minimum absolute atomic E-state index is 0.128. The smallest absolute Gasteiger partial charge is 0.273 e. The van der Waals surface area contributed by atoms with Crippen molar-refractivity contribution in [3.63, 3.8) is 0 Å². The second-order valence-corrected chi connectivity index (χ2v) is 5.63. The van der Waals surface area contributed by atoms with Gasteiger partial charge < -0.3 is 9.88 Å². The Hall–Kier alpha value is -3.22. The van der Waals surface area contributed by atoms with E-state index in [0.29, 0.717) is 24.4 Å². The first-order chi connectivity index (χ1) is 11.7. The Balaban J connectivity index is 1.46. The highest BCUT2D eigenvalue weighted by molar-refractivity contribution is 5.92. The SMILES string of the molecule is CN(CCc1nc2ccccc2[nH]1)C(=O)c1cn2cccnc2n1. The summed E-state index contributed by atoms with van der Waals surface area (Å²) in [5.41, 5.74) is 2.33. The Bertz CT molecular complexity index is 952. The number of nitrogens with one attached hydrogen (secondary N) is 1. The average Bonchev–Trinajstić information content (AvgIpc) is 3.22. The van der Waals surface area contributed by atoms with Crippen molar-refractivity contribution in [3.05, 3.63) is 60.4 Å². The maximum absolute atomic E-state index is 12.5. The van der Waals surface area contributed by atoms with E-state index in [1.165, 1.54) is 0 Å². The first-order valence-corrected chi connectivity index (χ1v) is 7.69. The lowest BCUT2D eigenvalue weighted by Crippen LogP contribution is -2.29. The molecule has 0 aliphatic carbocycles. The molecule has 7 heteroatoms. The molecule has 0 bridgehead atoms. The fourth-order valence-corrected chi connectivity index (χ4v) is 2.63. The molecule has 0 aliphatic heterocycles. The summed E-state index contributed by atoms with van der Waals surface area (Å²) in [7, 11) is 1.77. The van der Waals surface area contributed by atoms with Gasteiger partial charge in [-0.3, -0.25) is 9.20 Å². The molecule has 7 nitrogen and oxygen atoms in total. The monoisotopic (exact) mass is 320 g/mol. The van der Waals surface area contributed by atoms with Gasteiger partial charge in [-0.2, -0.15) is 0 Å². The highest BCUT2D eigenvalue weighted by Gasteiger charge is 2.16. The molecule has 0 saturated carbocycles. The van der Waals surface area contributed by atoms with E-state index in [0.717, 1.165) is 16.9 Å². The Morgan fingerprint density at radius 2 is 2.12 bits per heavy atom. The van der Waals surface area contributed by atoms with Crippen LogP contribution in [0, 0.1) is 0 Å². The molecule has 24 heavy (non-hydrogen) atoms. The van der Waals surface area contributed by atoms with Gasteiger partial charge in [0.1, 0.15) is 11.5 Å². The lowest BCUT2D eigenvalue weighted by Gasteiger charge is -2.14. The highest BCUT2D eigenvalue weighted by atomic mass is 16.2. The van der Waals surface area contributed by atoms with Crippen LogP contribution in [-0.2, 0) is 6.42 Å². The number of amides is 1. The third kappa shape index (κ3) is 2.60. The van der Waals surface area contributed by atoms with Gasteiger partial charge in [0, 0.05) is 38.6 Å². The second-order valence-electron chi connectivity index (χ2n) is 5.63. The third-order valence-electron chi connectivity index (χ3n) is 3.92. The molecule has 4 aromatic rings. The van der Waals surface area contributed by atoms with Crippen LogP contribution in [0.4, 0.5) is 0 Å². The van der Waals surface area contributed by atoms with Crippen molar-refractivity contribution < 1.29 is 4.79 Å². The number of likely N-dealkylation sites (N-methyl/N-ethyl adjacent to an activating group) is 1. The summed E-state index contributed by atoms with van der Waals surface area (Å²) < 4.78 is 1.74. The van der Waals surface area contributed by atoms with Crippen molar-refractivity contribution in [2.75, 3.05) is 13.6 Å². The lowest BCUT2D eigenvalue weighted by atomic mass is 10.3. The summed E-state index contributed by atoms with van der Waals surface area (Å²) in [5.74, 6) is 1.26. The van der Waals surface area contributed by atoms with Gasteiger partial charge >= 0.3 is 0 Å². The minimum Gasteiger partial charge on any atom is -0.342 e. The van der Waals surface area contributed by atoms with Gasteiger partial charge in [-0.05, 0) is 18.2 Å². The number of carbonyl (C=O) groups excluding carboxylic acids is 1. The molecule has 0 spiro atoms. The lowest BCUT2D eigenvalue weighted by molar-refractivity contribution is 0.0791. The normalized spacial score (nSPS) is 11.2. The number of para-hydroxylation sites is 2. The number of aromatic amines is 1.